The van der Waals surface area contributed by atoms with Gasteiger partial charge in [-0.25, -0.2) is 5.43 Å². The summed E-state index contributed by atoms with van der Waals surface area (Å²) < 4.78 is 16.8. The van der Waals surface area contributed by atoms with Crippen molar-refractivity contribution in [2.45, 2.75) is 6.61 Å². The number of fused-ring (bicyclic) bond motifs is 1. The number of nitrogens with zero attached hydrogens (tertiary/aromatic N) is 1. The molecule has 0 radical (unpaired) electrons. The first-order valence-electron chi connectivity index (χ1n) is 9.61. The van der Waals surface area contributed by atoms with Gasteiger partial charge in [-0.1, -0.05) is 59.6 Å². The van der Waals surface area contributed by atoms with E-state index >= 15 is 0 Å². The van der Waals surface area contributed by atoms with Crippen molar-refractivity contribution in [2.24, 2.45) is 5.10 Å². The van der Waals surface area contributed by atoms with E-state index in [1.54, 1.807) is 30.3 Å². The quantitative estimate of drug-likeness (QED) is 0.263. The molecule has 0 aliphatic carbocycles. The van der Waals surface area contributed by atoms with E-state index in [1.165, 1.54) is 13.3 Å². The van der Waals surface area contributed by atoms with Crippen LogP contribution in [0.1, 0.15) is 21.7 Å². The van der Waals surface area contributed by atoms with Crippen molar-refractivity contribution in [3.8, 4) is 11.5 Å². The highest BCUT2D eigenvalue weighted by Gasteiger charge is 2.14. The van der Waals surface area contributed by atoms with Gasteiger partial charge in [-0.3, -0.25) is 4.79 Å². The number of amides is 1. The minimum atomic E-state index is -0.463. The molecular formula is C24H18Cl2N2O4. The summed E-state index contributed by atoms with van der Waals surface area (Å²) in [5, 5.41) is 5.76. The number of benzene rings is 3. The van der Waals surface area contributed by atoms with E-state index in [-0.39, 0.29) is 12.4 Å². The highest BCUT2D eigenvalue weighted by molar-refractivity contribution is 6.32. The third-order valence-corrected chi connectivity index (χ3v) is 5.26. The maximum absolute atomic E-state index is 12.3. The molecule has 162 valence electrons. The van der Waals surface area contributed by atoms with Crippen molar-refractivity contribution in [1.82, 2.24) is 5.43 Å². The Morgan fingerprint density at radius 1 is 1.06 bits per heavy atom. The average Bonchev–Trinajstić information content (AvgIpc) is 3.23. The number of rotatable bonds is 7. The summed E-state index contributed by atoms with van der Waals surface area (Å²) >= 11 is 12.6. The van der Waals surface area contributed by atoms with Gasteiger partial charge in [0.2, 0.25) is 0 Å². The Labute approximate surface area is 194 Å². The minimum Gasteiger partial charge on any atom is -0.493 e. The molecule has 1 amide bonds. The molecule has 1 aromatic heterocycles. The van der Waals surface area contributed by atoms with Crippen molar-refractivity contribution in [2.75, 3.05) is 7.11 Å². The van der Waals surface area contributed by atoms with Crippen LogP contribution in [0.5, 0.6) is 11.5 Å². The molecule has 0 bridgehead atoms. The standard InChI is InChI=1S/C24H18Cl2N2O4/c1-30-21-11-15(10-19(26)23(21)31-14-17-7-2-4-8-18(17)25)13-27-28-24(29)22-12-16-6-3-5-9-20(16)32-22/h2-13H,14H2,1H3,(H,28,29)/b27-13+. The fraction of sp³-hybridized carbons (Fsp3) is 0.0833. The van der Waals surface area contributed by atoms with Crippen molar-refractivity contribution < 1.29 is 18.7 Å². The third-order valence-electron chi connectivity index (χ3n) is 4.61. The number of carbonyl (C=O) groups is 1. The lowest BCUT2D eigenvalue weighted by molar-refractivity contribution is 0.0929. The molecule has 3 aromatic carbocycles. The van der Waals surface area contributed by atoms with Gasteiger partial charge in [0.25, 0.3) is 0 Å². The van der Waals surface area contributed by atoms with Gasteiger partial charge < -0.3 is 13.9 Å². The zero-order valence-electron chi connectivity index (χ0n) is 17.0. The third kappa shape index (κ3) is 4.88. The van der Waals surface area contributed by atoms with E-state index in [1.807, 2.05) is 36.4 Å². The number of hydrazone groups is 1. The normalized spacial score (nSPS) is 11.1. The summed E-state index contributed by atoms with van der Waals surface area (Å²) in [5.74, 6) is 0.518. The predicted molar refractivity (Wildman–Crippen MR) is 125 cm³/mol. The second kappa shape index (κ2) is 9.77. The Morgan fingerprint density at radius 3 is 2.62 bits per heavy atom. The zero-order chi connectivity index (χ0) is 22.5. The second-order valence-electron chi connectivity index (χ2n) is 6.76. The Bertz CT molecular complexity index is 1270. The molecule has 0 saturated heterocycles. The maximum Gasteiger partial charge on any atom is 0.307 e. The van der Waals surface area contributed by atoms with E-state index in [0.29, 0.717) is 32.7 Å². The molecule has 0 spiro atoms. The van der Waals surface area contributed by atoms with Crippen LogP contribution in [0.2, 0.25) is 10.0 Å². The first kappa shape index (κ1) is 21.7. The number of hydrogen-bond acceptors (Lipinski definition) is 5. The molecule has 4 aromatic rings. The lowest BCUT2D eigenvalue weighted by Gasteiger charge is -2.14. The van der Waals surface area contributed by atoms with Crippen LogP contribution in [-0.2, 0) is 6.61 Å². The summed E-state index contributed by atoms with van der Waals surface area (Å²) in [6, 6.07) is 19.8. The smallest absolute Gasteiger partial charge is 0.307 e. The highest BCUT2D eigenvalue weighted by atomic mass is 35.5. The van der Waals surface area contributed by atoms with Crippen LogP contribution in [0, 0.1) is 0 Å². The van der Waals surface area contributed by atoms with Crippen molar-refractivity contribution in [3.05, 3.63) is 93.7 Å². The molecule has 0 aliphatic rings. The fourth-order valence-electron chi connectivity index (χ4n) is 3.03. The Hall–Kier alpha value is -3.48. The van der Waals surface area contributed by atoms with Crippen LogP contribution in [0.3, 0.4) is 0 Å². The molecule has 32 heavy (non-hydrogen) atoms. The molecule has 1 heterocycles. The molecule has 1 N–H and O–H groups in total. The van der Waals surface area contributed by atoms with E-state index in [9.17, 15) is 4.79 Å². The van der Waals surface area contributed by atoms with Gasteiger partial charge in [0.1, 0.15) is 12.2 Å². The van der Waals surface area contributed by atoms with Crippen molar-refractivity contribution in [3.63, 3.8) is 0 Å². The van der Waals surface area contributed by atoms with Gasteiger partial charge >= 0.3 is 5.91 Å². The van der Waals surface area contributed by atoms with Crippen LogP contribution < -0.4 is 14.9 Å². The summed E-state index contributed by atoms with van der Waals surface area (Å²) in [6.45, 7) is 0.233. The molecular weight excluding hydrogens is 451 g/mol. The van der Waals surface area contributed by atoms with Gasteiger partial charge in [-0.15, -0.1) is 0 Å². The number of hydrogen-bond donors (Lipinski definition) is 1. The fourth-order valence-corrected chi connectivity index (χ4v) is 3.50. The summed E-state index contributed by atoms with van der Waals surface area (Å²) in [7, 11) is 1.51. The molecule has 0 aliphatic heterocycles. The maximum atomic E-state index is 12.3. The van der Waals surface area contributed by atoms with Gasteiger partial charge in [0.05, 0.1) is 18.3 Å². The summed E-state index contributed by atoms with van der Waals surface area (Å²) in [6.07, 6.45) is 1.45. The molecule has 0 saturated carbocycles. The molecule has 0 atom stereocenters. The first-order chi connectivity index (χ1) is 15.5. The Kier molecular flexibility index (Phi) is 6.63. The molecule has 4 rings (SSSR count). The highest BCUT2D eigenvalue weighted by Crippen LogP contribution is 2.37. The Morgan fingerprint density at radius 2 is 1.84 bits per heavy atom. The summed E-state index contributed by atoms with van der Waals surface area (Å²) in [5.41, 5.74) is 4.51. The van der Waals surface area contributed by atoms with Crippen LogP contribution in [-0.4, -0.2) is 19.2 Å². The van der Waals surface area contributed by atoms with Gasteiger partial charge in [-0.05, 0) is 35.9 Å². The topological polar surface area (TPSA) is 73.1 Å². The van der Waals surface area contributed by atoms with E-state index in [0.717, 1.165) is 10.9 Å². The van der Waals surface area contributed by atoms with Crippen LogP contribution >= 0.6 is 23.2 Å². The minimum absolute atomic E-state index is 0.169. The zero-order valence-corrected chi connectivity index (χ0v) is 18.5. The van der Waals surface area contributed by atoms with Crippen LogP contribution in [0.15, 0.2) is 76.2 Å². The van der Waals surface area contributed by atoms with Gasteiger partial charge in [0.15, 0.2) is 17.3 Å². The largest absolute Gasteiger partial charge is 0.493 e. The molecule has 0 unspecified atom stereocenters. The number of nitrogens with one attached hydrogen (secondary N) is 1. The number of methoxy groups -OCH3 is 1. The van der Waals surface area contributed by atoms with E-state index in [4.69, 9.17) is 37.1 Å². The van der Waals surface area contributed by atoms with Gasteiger partial charge in [0, 0.05) is 16.0 Å². The van der Waals surface area contributed by atoms with Crippen molar-refractivity contribution in [1.29, 1.82) is 0 Å². The molecule has 8 heteroatoms. The van der Waals surface area contributed by atoms with E-state index < -0.39 is 5.91 Å². The number of halogens is 2. The predicted octanol–water partition coefficient (Wildman–Crippen LogP) is 6.09. The van der Waals surface area contributed by atoms with Gasteiger partial charge in [-0.2, -0.15) is 5.10 Å². The number of para-hydroxylation sites is 1. The van der Waals surface area contributed by atoms with Crippen LogP contribution in [0.25, 0.3) is 11.0 Å². The summed E-state index contributed by atoms with van der Waals surface area (Å²) in [4.78, 5) is 12.3. The molecule has 6 nitrogen and oxygen atoms in total. The Balaban J connectivity index is 1.45. The first-order valence-corrected chi connectivity index (χ1v) is 10.4. The van der Waals surface area contributed by atoms with Crippen molar-refractivity contribution >= 4 is 46.3 Å². The SMILES string of the molecule is COc1cc(/C=N/NC(=O)c2cc3ccccc3o2)cc(Cl)c1OCc1ccccc1Cl. The monoisotopic (exact) mass is 468 g/mol. The number of ether oxygens (including phenoxy) is 2. The molecule has 0 fully saturated rings. The second-order valence-corrected chi connectivity index (χ2v) is 7.58. The van der Waals surface area contributed by atoms with Crippen LogP contribution in [0.4, 0.5) is 0 Å². The number of carbonyl (C=O) groups excluding carboxylic acids is 1. The lowest BCUT2D eigenvalue weighted by atomic mass is 10.2. The number of furan rings is 1. The average molecular weight is 469 g/mol. The van der Waals surface area contributed by atoms with E-state index in [2.05, 4.69) is 10.5 Å². The lowest BCUT2D eigenvalue weighted by Crippen LogP contribution is -2.16.